The van der Waals surface area contributed by atoms with Crippen LogP contribution in [0.5, 0.6) is 5.75 Å². The largest absolute Gasteiger partial charge is 0.495 e. The first-order valence-corrected chi connectivity index (χ1v) is 14.8. The average molecular weight is 607 g/mol. The highest BCUT2D eigenvalue weighted by Gasteiger charge is 2.33. The molecule has 0 bridgehead atoms. The van der Waals surface area contributed by atoms with Crippen molar-refractivity contribution in [1.29, 1.82) is 0 Å². The molecule has 1 N–H and O–H groups in total. The molecule has 0 fully saturated rings. The van der Waals surface area contributed by atoms with Crippen LogP contribution in [0.1, 0.15) is 31.9 Å². The molecule has 0 saturated heterocycles. The number of rotatable bonds is 11. The number of benzene rings is 3. The molecular weight excluding hydrogens is 573 g/mol. The van der Waals surface area contributed by atoms with Crippen molar-refractivity contribution in [2.24, 2.45) is 0 Å². The van der Waals surface area contributed by atoms with Gasteiger partial charge in [-0.3, -0.25) is 13.9 Å². The van der Waals surface area contributed by atoms with Gasteiger partial charge >= 0.3 is 0 Å². The maximum atomic E-state index is 14.0. The molecule has 1 atom stereocenters. The van der Waals surface area contributed by atoms with Crippen molar-refractivity contribution in [3.8, 4) is 5.75 Å². The molecule has 0 aliphatic carbocycles. The van der Waals surface area contributed by atoms with E-state index < -0.39 is 28.5 Å². The van der Waals surface area contributed by atoms with Crippen LogP contribution >= 0.6 is 23.2 Å². The van der Waals surface area contributed by atoms with Gasteiger partial charge in [0.25, 0.3) is 10.0 Å². The summed E-state index contributed by atoms with van der Waals surface area (Å²) in [4.78, 5) is 28.3. The van der Waals surface area contributed by atoms with E-state index in [1.54, 1.807) is 43.3 Å². The third kappa shape index (κ3) is 7.47. The van der Waals surface area contributed by atoms with E-state index in [1.807, 2.05) is 20.8 Å². The van der Waals surface area contributed by atoms with Crippen LogP contribution in [0, 0.1) is 6.92 Å². The Hall–Kier alpha value is -3.27. The minimum absolute atomic E-state index is 0.00101. The summed E-state index contributed by atoms with van der Waals surface area (Å²) >= 11 is 12.7. The number of amides is 2. The van der Waals surface area contributed by atoms with Crippen molar-refractivity contribution in [3.63, 3.8) is 0 Å². The summed E-state index contributed by atoms with van der Waals surface area (Å²) in [7, 11) is -2.78. The van der Waals surface area contributed by atoms with Crippen molar-refractivity contribution >= 4 is 50.7 Å². The predicted octanol–water partition coefficient (Wildman–Crippen LogP) is 5.45. The summed E-state index contributed by atoms with van der Waals surface area (Å²) in [6, 6.07) is 16.7. The van der Waals surface area contributed by atoms with E-state index in [1.165, 1.54) is 42.3 Å². The molecule has 11 heteroatoms. The standard InChI is InChI=1S/C29H33Cl2N3O5S/c1-19(2)32-29(36)21(4)33(17-22-8-6-7-9-25(22)30)28(35)18-34(23-12-15-27(39-5)26(31)16-23)40(37,38)24-13-10-20(3)11-14-24/h6-16,19,21H,17-18H2,1-5H3,(H,32,36)/t21-/m1/s1. The van der Waals surface area contributed by atoms with Crippen molar-refractivity contribution in [3.05, 3.63) is 87.9 Å². The zero-order chi connectivity index (χ0) is 29.6. The van der Waals surface area contributed by atoms with Crippen LogP contribution in [0.25, 0.3) is 0 Å². The summed E-state index contributed by atoms with van der Waals surface area (Å²) in [6.45, 7) is 6.46. The number of anilines is 1. The van der Waals surface area contributed by atoms with Gasteiger partial charge in [0.05, 0.1) is 22.7 Å². The molecule has 0 unspecified atom stereocenters. The van der Waals surface area contributed by atoms with Crippen LogP contribution in [0.2, 0.25) is 10.0 Å². The second-order valence-corrected chi connectivity index (χ2v) is 12.3. The number of halogens is 2. The monoisotopic (exact) mass is 605 g/mol. The van der Waals surface area contributed by atoms with E-state index in [2.05, 4.69) is 5.32 Å². The van der Waals surface area contributed by atoms with Crippen LogP contribution in [-0.2, 0) is 26.2 Å². The van der Waals surface area contributed by atoms with Gasteiger partial charge in [-0.1, -0.05) is 59.1 Å². The Morgan fingerprint density at radius 2 is 1.60 bits per heavy atom. The van der Waals surface area contributed by atoms with Crippen LogP contribution < -0.4 is 14.4 Å². The first-order chi connectivity index (χ1) is 18.8. The fraction of sp³-hybridized carbons (Fsp3) is 0.310. The lowest BCUT2D eigenvalue weighted by Gasteiger charge is -2.32. The van der Waals surface area contributed by atoms with Crippen LogP contribution in [-0.4, -0.2) is 50.9 Å². The molecule has 40 heavy (non-hydrogen) atoms. The summed E-state index contributed by atoms with van der Waals surface area (Å²) in [5, 5.41) is 3.41. The zero-order valence-corrected chi connectivity index (χ0v) is 25.3. The first kappa shape index (κ1) is 31.3. The molecule has 8 nitrogen and oxygen atoms in total. The van der Waals surface area contributed by atoms with Crippen molar-refractivity contribution in [1.82, 2.24) is 10.2 Å². The molecule has 3 aromatic rings. The fourth-order valence-corrected chi connectivity index (χ4v) is 5.83. The van der Waals surface area contributed by atoms with Crippen LogP contribution in [0.3, 0.4) is 0 Å². The Bertz CT molecular complexity index is 1460. The normalized spacial score (nSPS) is 12.1. The van der Waals surface area contributed by atoms with Gasteiger partial charge < -0.3 is 15.0 Å². The summed E-state index contributed by atoms with van der Waals surface area (Å²) in [5.74, 6) is -0.631. The van der Waals surface area contributed by atoms with Gasteiger partial charge in [0, 0.05) is 17.6 Å². The topological polar surface area (TPSA) is 96.0 Å². The molecule has 3 rings (SSSR count). The number of nitrogens with one attached hydrogen (secondary N) is 1. The summed E-state index contributed by atoms with van der Waals surface area (Å²) < 4.78 is 34.0. The molecule has 0 radical (unpaired) electrons. The zero-order valence-electron chi connectivity index (χ0n) is 23.0. The van der Waals surface area contributed by atoms with E-state index >= 15 is 0 Å². The molecule has 2 amide bonds. The number of sulfonamides is 1. The Morgan fingerprint density at radius 3 is 2.17 bits per heavy atom. The molecule has 0 saturated carbocycles. The minimum atomic E-state index is -4.22. The highest BCUT2D eigenvalue weighted by molar-refractivity contribution is 7.92. The number of carbonyl (C=O) groups excluding carboxylic acids is 2. The Morgan fingerprint density at radius 1 is 0.950 bits per heavy atom. The highest BCUT2D eigenvalue weighted by atomic mass is 35.5. The first-order valence-electron chi connectivity index (χ1n) is 12.6. The van der Waals surface area contributed by atoms with Gasteiger partial charge in [-0.2, -0.15) is 0 Å². The number of carbonyl (C=O) groups is 2. The molecule has 0 aliphatic heterocycles. The molecule has 0 spiro atoms. The Balaban J connectivity index is 2.08. The molecule has 0 aliphatic rings. The average Bonchev–Trinajstić information content (AvgIpc) is 2.90. The minimum Gasteiger partial charge on any atom is -0.495 e. The molecular formula is C29H33Cl2N3O5S. The van der Waals surface area contributed by atoms with E-state index in [0.717, 1.165) is 9.87 Å². The van der Waals surface area contributed by atoms with E-state index in [-0.39, 0.29) is 34.1 Å². The van der Waals surface area contributed by atoms with Gasteiger partial charge in [0.2, 0.25) is 11.8 Å². The summed E-state index contributed by atoms with van der Waals surface area (Å²) in [6.07, 6.45) is 0. The van der Waals surface area contributed by atoms with Gasteiger partial charge in [0.15, 0.2) is 0 Å². The number of hydrogen-bond donors (Lipinski definition) is 1. The lowest BCUT2D eigenvalue weighted by molar-refractivity contribution is -0.139. The van der Waals surface area contributed by atoms with Crippen molar-refractivity contribution in [2.45, 2.75) is 51.2 Å². The van der Waals surface area contributed by atoms with Gasteiger partial charge in [-0.15, -0.1) is 0 Å². The van der Waals surface area contributed by atoms with Gasteiger partial charge in [-0.25, -0.2) is 8.42 Å². The SMILES string of the molecule is COc1ccc(N(CC(=O)N(Cc2ccccc2Cl)[C@H](C)C(=O)NC(C)C)S(=O)(=O)c2ccc(C)cc2)cc1Cl. The molecule has 214 valence electrons. The Kier molecular flexibility index (Phi) is 10.5. The second-order valence-electron chi connectivity index (χ2n) is 9.60. The summed E-state index contributed by atoms with van der Waals surface area (Å²) in [5.41, 5.74) is 1.66. The maximum Gasteiger partial charge on any atom is 0.264 e. The number of hydrogen-bond acceptors (Lipinski definition) is 5. The molecule has 3 aromatic carbocycles. The number of ether oxygens (including phenoxy) is 1. The second kappa shape index (κ2) is 13.4. The smallest absolute Gasteiger partial charge is 0.264 e. The van der Waals surface area contributed by atoms with E-state index in [4.69, 9.17) is 27.9 Å². The molecule has 0 heterocycles. The number of methoxy groups -OCH3 is 1. The van der Waals surface area contributed by atoms with E-state index in [0.29, 0.717) is 16.3 Å². The van der Waals surface area contributed by atoms with E-state index in [9.17, 15) is 18.0 Å². The van der Waals surface area contributed by atoms with Gasteiger partial charge in [-0.05, 0) is 69.7 Å². The van der Waals surface area contributed by atoms with Crippen LogP contribution in [0.4, 0.5) is 5.69 Å². The quantitative estimate of drug-likeness (QED) is 0.313. The molecule has 0 aromatic heterocycles. The third-order valence-electron chi connectivity index (χ3n) is 6.21. The maximum absolute atomic E-state index is 14.0. The number of nitrogens with zero attached hydrogens (tertiary/aromatic N) is 2. The third-order valence-corrected chi connectivity index (χ3v) is 8.66. The van der Waals surface area contributed by atoms with Crippen LogP contribution in [0.15, 0.2) is 71.6 Å². The predicted molar refractivity (Wildman–Crippen MR) is 158 cm³/mol. The van der Waals surface area contributed by atoms with Crippen molar-refractivity contribution in [2.75, 3.05) is 18.0 Å². The fourth-order valence-electron chi connectivity index (χ4n) is 3.97. The highest BCUT2D eigenvalue weighted by Crippen LogP contribution is 2.32. The van der Waals surface area contributed by atoms with Gasteiger partial charge in [0.1, 0.15) is 18.3 Å². The Labute approximate surface area is 245 Å². The lowest BCUT2D eigenvalue weighted by atomic mass is 10.1. The van der Waals surface area contributed by atoms with Crippen molar-refractivity contribution < 1.29 is 22.7 Å². The lowest BCUT2D eigenvalue weighted by Crippen LogP contribution is -2.52. The number of aryl methyl sites for hydroxylation is 1.